The Hall–Kier alpha value is -3.49. The summed E-state index contributed by atoms with van der Waals surface area (Å²) in [7, 11) is 0. The summed E-state index contributed by atoms with van der Waals surface area (Å²) < 4.78 is 7.82. The van der Waals surface area contributed by atoms with E-state index in [2.05, 4.69) is 47.7 Å². The first kappa shape index (κ1) is 24.6. The Morgan fingerprint density at radius 3 is 2.40 bits per heavy atom. The van der Waals surface area contributed by atoms with E-state index in [1.807, 2.05) is 66.7 Å². The predicted molar refractivity (Wildman–Crippen MR) is 146 cm³/mol. The Bertz CT molecular complexity index is 1390. The summed E-state index contributed by atoms with van der Waals surface area (Å²) in [4.78, 5) is 24.5. The molecule has 0 aromatic heterocycles. The van der Waals surface area contributed by atoms with Crippen molar-refractivity contribution in [3.05, 3.63) is 105 Å². The molecule has 4 aromatic carbocycles. The van der Waals surface area contributed by atoms with Gasteiger partial charge in [0.1, 0.15) is 18.8 Å². The van der Waals surface area contributed by atoms with E-state index in [4.69, 9.17) is 4.74 Å². The summed E-state index contributed by atoms with van der Waals surface area (Å²) in [6.07, 6.45) is 1.18. The van der Waals surface area contributed by atoms with E-state index in [1.54, 1.807) is 24.4 Å². The van der Waals surface area contributed by atoms with E-state index >= 15 is 0 Å². The van der Waals surface area contributed by atoms with E-state index in [9.17, 15) is 9.59 Å². The number of nitrogens with zero attached hydrogens (tertiary/aromatic N) is 1. The second kappa shape index (κ2) is 11.8. The molecule has 0 unspecified atom stereocenters. The van der Waals surface area contributed by atoms with Crippen LogP contribution in [0.4, 0.5) is 5.69 Å². The molecule has 4 rings (SSSR count). The minimum Gasteiger partial charge on any atom is -0.488 e. The van der Waals surface area contributed by atoms with E-state index < -0.39 is 11.8 Å². The molecule has 8 heteroatoms. The lowest BCUT2D eigenvalue weighted by molar-refractivity contribution is -0.126. The second-order valence-electron chi connectivity index (χ2n) is 7.61. The first-order chi connectivity index (χ1) is 17.0. The molecule has 176 valence electrons. The molecule has 0 spiro atoms. The van der Waals surface area contributed by atoms with Crippen molar-refractivity contribution in [2.24, 2.45) is 5.10 Å². The predicted octanol–water partition coefficient (Wildman–Crippen LogP) is 6.42. The average molecular weight is 595 g/mol. The van der Waals surface area contributed by atoms with Gasteiger partial charge in [-0.3, -0.25) is 9.59 Å². The van der Waals surface area contributed by atoms with Crippen LogP contribution in [0, 0.1) is 0 Å². The van der Waals surface area contributed by atoms with Gasteiger partial charge in [-0.05, 0) is 62.6 Å². The molecule has 6 nitrogen and oxygen atoms in total. The number of benzene rings is 4. The van der Waals surface area contributed by atoms with Crippen molar-refractivity contribution in [2.75, 3.05) is 5.32 Å². The van der Waals surface area contributed by atoms with Crippen molar-refractivity contribution in [1.82, 2.24) is 5.43 Å². The number of ether oxygens (including phenoxy) is 1. The Kier molecular flexibility index (Phi) is 8.28. The first-order valence-electron chi connectivity index (χ1n) is 10.7. The molecule has 0 radical (unpaired) electrons. The molecule has 0 aliphatic carbocycles. The molecule has 0 saturated heterocycles. The average Bonchev–Trinajstić information content (AvgIpc) is 2.85. The highest BCUT2D eigenvalue weighted by molar-refractivity contribution is 9.10. The first-order valence-corrected chi connectivity index (χ1v) is 12.3. The zero-order valence-electron chi connectivity index (χ0n) is 18.5. The number of nitrogens with one attached hydrogen (secondary N) is 2. The molecule has 0 aliphatic rings. The summed E-state index contributed by atoms with van der Waals surface area (Å²) in [6.45, 7) is 0.383. The van der Waals surface area contributed by atoms with Crippen molar-refractivity contribution in [1.29, 1.82) is 0 Å². The monoisotopic (exact) mass is 593 g/mol. The van der Waals surface area contributed by atoms with Crippen molar-refractivity contribution in [3.8, 4) is 5.75 Å². The molecule has 2 N–H and O–H groups in total. The minimum atomic E-state index is -0.525. The fourth-order valence-corrected chi connectivity index (χ4v) is 4.04. The van der Waals surface area contributed by atoms with Crippen LogP contribution in [0.2, 0.25) is 0 Å². The van der Waals surface area contributed by atoms with E-state index in [0.717, 1.165) is 30.8 Å². The molecule has 4 aromatic rings. The lowest BCUT2D eigenvalue weighted by atomic mass is 10.0. The van der Waals surface area contributed by atoms with Gasteiger partial charge in [0, 0.05) is 14.5 Å². The van der Waals surface area contributed by atoms with Gasteiger partial charge in [-0.25, -0.2) is 5.43 Å². The molecule has 35 heavy (non-hydrogen) atoms. The van der Waals surface area contributed by atoms with Gasteiger partial charge in [0.05, 0.1) is 11.9 Å². The molecule has 0 atom stereocenters. The van der Waals surface area contributed by atoms with Crippen LogP contribution in [0.15, 0.2) is 99.0 Å². The number of halogens is 2. The Morgan fingerprint density at radius 2 is 1.60 bits per heavy atom. The number of carbonyl (C=O) groups excluding carboxylic acids is 2. The summed E-state index contributed by atoms with van der Waals surface area (Å²) >= 11 is 6.80. The standard InChI is InChI=1S/C27H21Br2N3O3/c28-20-12-9-18(10-13-20)17-35-25-14-11-19-5-1-2-6-21(19)22(25)16-30-32-27(34)15-26(33)31-24-8-4-3-7-23(24)29/h1-14,16H,15,17H2,(H,31,33)(H,32,34). The molecular weight excluding hydrogens is 574 g/mol. The van der Waals surface area contributed by atoms with Crippen molar-refractivity contribution < 1.29 is 14.3 Å². The van der Waals surface area contributed by atoms with Crippen LogP contribution in [0.1, 0.15) is 17.5 Å². The third-order valence-corrected chi connectivity index (χ3v) is 6.31. The SMILES string of the molecule is O=C(CC(=O)Nc1ccccc1Br)NN=Cc1c(OCc2ccc(Br)cc2)ccc2ccccc12. The number of anilines is 1. The molecule has 0 aliphatic heterocycles. The quantitative estimate of drug-likeness (QED) is 0.140. The van der Waals surface area contributed by atoms with E-state index in [1.165, 1.54) is 0 Å². The topological polar surface area (TPSA) is 79.8 Å². The summed E-state index contributed by atoms with van der Waals surface area (Å²) in [5.41, 5.74) is 4.78. The number of rotatable bonds is 8. The maximum atomic E-state index is 12.3. The number of para-hydroxylation sites is 1. The smallest absolute Gasteiger partial charge is 0.249 e. The van der Waals surface area contributed by atoms with Crippen LogP contribution in [0.25, 0.3) is 10.8 Å². The Morgan fingerprint density at radius 1 is 0.857 bits per heavy atom. The summed E-state index contributed by atoms with van der Waals surface area (Å²) in [6, 6.07) is 26.8. The lowest BCUT2D eigenvalue weighted by Gasteiger charge is -2.12. The summed E-state index contributed by atoms with van der Waals surface area (Å²) in [5, 5.41) is 8.75. The van der Waals surface area contributed by atoms with E-state index in [0.29, 0.717) is 18.0 Å². The molecule has 0 bridgehead atoms. The normalized spacial score (nSPS) is 10.9. The Labute approximate surface area is 219 Å². The number of carbonyl (C=O) groups is 2. The fraction of sp³-hybridized carbons (Fsp3) is 0.0741. The maximum absolute atomic E-state index is 12.3. The van der Waals surface area contributed by atoms with E-state index in [-0.39, 0.29) is 6.42 Å². The number of hydrogen-bond donors (Lipinski definition) is 2. The molecular formula is C27H21Br2N3O3. The maximum Gasteiger partial charge on any atom is 0.249 e. The van der Waals surface area contributed by atoms with Crippen molar-refractivity contribution >= 4 is 66.3 Å². The van der Waals surface area contributed by atoms with Crippen LogP contribution < -0.4 is 15.5 Å². The van der Waals surface area contributed by atoms with Gasteiger partial charge < -0.3 is 10.1 Å². The van der Waals surface area contributed by atoms with Gasteiger partial charge in [0.25, 0.3) is 0 Å². The summed E-state index contributed by atoms with van der Waals surface area (Å²) in [5.74, 6) is -0.326. The number of fused-ring (bicyclic) bond motifs is 1. The van der Waals surface area contributed by atoms with Gasteiger partial charge in [0.2, 0.25) is 11.8 Å². The highest BCUT2D eigenvalue weighted by atomic mass is 79.9. The van der Waals surface area contributed by atoms with Crippen LogP contribution in [0.3, 0.4) is 0 Å². The van der Waals surface area contributed by atoms with Gasteiger partial charge in [-0.15, -0.1) is 0 Å². The highest BCUT2D eigenvalue weighted by Gasteiger charge is 2.11. The number of amides is 2. The second-order valence-corrected chi connectivity index (χ2v) is 9.38. The highest BCUT2D eigenvalue weighted by Crippen LogP contribution is 2.27. The molecule has 0 fully saturated rings. The molecule has 0 heterocycles. The van der Waals surface area contributed by atoms with Crippen molar-refractivity contribution in [3.63, 3.8) is 0 Å². The van der Waals surface area contributed by atoms with Gasteiger partial charge in [0.15, 0.2) is 0 Å². The van der Waals surface area contributed by atoms with Gasteiger partial charge in [-0.2, -0.15) is 5.10 Å². The van der Waals surface area contributed by atoms with Crippen LogP contribution >= 0.6 is 31.9 Å². The number of hydrogen-bond acceptors (Lipinski definition) is 4. The van der Waals surface area contributed by atoms with Crippen LogP contribution in [0.5, 0.6) is 5.75 Å². The largest absolute Gasteiger partial charge is 0.488 e. The molecule has 2 amide bonds. The fourth-order valence-electron chi connectivity index (χ4n) is 3.39. The van der Waals surface area contributed by atoms with Crippen molar-refractivity contribution in [2.45, 2.75) is 13.0 Å². The Balaban J connectivity index is 1.44. The van der Waals surface area contributed by atoms with Crippen LogP contribution in [-0.4, -0.2) is 18.0 Å². The third-order valence-electron chi connectivity index (χ3n) is 5.09. The zero-order chi connectivity index (χ0) is 24.6. The minimum absolute atomic E-state index is 0.360. The van der Waals surface area contributed by atoms with Gasteiger partial charge >= 0.3 is 0 Å². The van der Waals surface area contributed by atoms with Gasteiger partial charge in [-0.1, -0.05) is 70.5 Å². The molecule has 0 saturated carbocycles. The lowest BCUT2D eigenvalue weighted by Crippen LogP contribution is -2.24. The van der Waals surface area contributed by atoms with Crippen LogP contribution in [-0.2, 0) is 16.2 Å². The number of hydrazone groups is 1. The zero-order valence-corrected chi connectivity index (χ0v) is 21.7. The third kappa shape index (κ3) is 6.77.